The molecule has 2 heterocycles. The highest BCUT2D eigenvalue weighted by atomic mass is 35.5. The van der Waals surface area contributed by atoms with E-state index in [0.29, 0.717) is 32.6 Å². The summed E-state index contributed by atoms with van der Waals surface area (Å²) in [5.74, 6) is -0.582. The summed E-state index contributed by atoms with van der Waals surface area (Å²) in [5, 5.41) is 4.96. The molecule has 5 nitrogen and oxygen atoms in total. The van der Waals surface area contributed by atoms with Gasteiger partial charge in [0.2, 0.25) is 0 Å². The second kappa shape index (κ2) is 7.84. The lowest BCUT2D eigenvalue weighted by molar-refractivity contribution is 0.0519. The van der Waals surface area contributed by atoms with Crippen molar-refractivity contribution in [2.24, 2.45) is 5.16 Å². The molecule has 0 unspecified atom stereocenters. The van der Waals surface area contributed by atoms with Gasteiger partial charge in [0.15, 0.2) is 0 Å². The first-order chi connectivity index (χ1) is 13.6. The lowest BCUT2D eigenvalue weighted by Crippen LogP contribution is -2.01. The van der Waals surface area contributed by atoms with Gasteiger partial charge in [-0.1, -0.05) is 58.7 Å². The van der Waals surface area contributed by atoms with Crippen molar-refractivity contribution in [2.45, 2.75) is 0 Å². The zero-order valence-electron chi connectivity index (χ0n) is 14.4. The molecule has 2 aromatic carbocycles. The van der Waals surface area contributed by atoms with E-state index < -0.39 is 5.97 Å². The number of oxime groups is 1. The average Bonchev–Trinajstić information content (AvgIpc) is 3.07. The maximum absolute atomic E-state index is 12.1. The van der Waals surface area contributed by atoms with Gasteiger partial charge in [0, 0.05) is 16.8 Å². The van der Waals surface area contributed by atoms with Crippen molar-refractivity contribution < 1.29 is 9.63 Å². The first kappa shape index (κ1) is 18.2. The molecule has 0 radical (unpaired) electrons. The van der Waals surface area contributed by atoms with Gasteiger partial charge in [-0.3, -0.25) is 4.40 Å². The Labute approximate surface area is 170 Å². The minimum atomic E-state index is -0.582. The van der Waals surface area contributed by atoms with Crippen LogP contribution in [-0.4, -0.2) is 21.6 Å². The monoisotopic (exact) mass is 409 g/mol. The predicted molar refractivity (Wildman–Crippen MR) is 110 cm³/mol. The van der Waals surface area contributed by atoms with Crippen molar-refractivity contribution in [3.63, 3.8) is 0 Å². The van der Waals surface area contributed by atoms with E-state index in [1.807, 2.05) is 36.4 Å². The van der Waals surface area contributed by atoms with Gasteiger partial charge >= 0.3 is 5.97 Å². The number of fused-ring (bicyclic) bond motifs is 1. The summed E-state index contributed by atoms with van der Waals surface area (Å²) >= 11 is 12.0. The molecular weight excluding hydrogens is 397 g/mol. The Morgan fingerprint density at radius 1 is 0.964 bits per heavy atom. The van der Waals surface area contributed by atoms with Crippen molar-refractivity contribution in [3.8, 4) is 11.3 Å². The number of carbonyl (C=O) groups is 1. The lowest BCUT2D eigenvalue weighted by atomic mass is 10.1. The minimum Gasteiger partial charge on any atom is -0.313 e. The third-order valence-electron chi connectivity index (χ3n) is 4.06. The molecule has 138 valence electrons. The minimum absolute atomic E-state index is 0.353. The molecule has 0 saturated heterocycles. The van der Waals surface area contributed by atoms with Gasteiger partial charge in [-0.05, 0) is 36.4 Å². The molecule has 0 aliphatic heterocycles. The van der Waals surface area contributed by atoms with Gasteiger partial charge in [0.05, 0.1) is 28.2 Å². The first-order valence-electron chi connectivity index (χ1n) is 8.35. The van der Waals surface area contributed by atoms with Crippen LogP contribution in [0.3, 0.4) is 0 Å². The number of aromatic nitrogens is 2. The van der Waals surface area contributed by atoms with Crippen LogP contribution < -0.4 is 0 Å². The fourth-order valence-electron chi connectivity index (χ4n) is 2.73. The van der Waals surface area contributed by atoms with E-state index in [1.54, 1.807) is 40.9 Å². The van der Waals surface area contributed by atoms with Crippen molar-refractivity contribution in [1.29, 1.82) is 0 Å². The van der Waals surface area contributed by atoms with Crippen LogP contribution in [0, 0.1) is 0 Å². The molecule has 2 aromatic heterocycles. The van der Waals surface area contributed by atoms with Crippen molar-refractivity contribution in [3.05, 3.63) is 94.2 Å². The molecule has 0 amide bonds. The van der Waals surface area contributed by atoms with E-state index >= 15 is 0 Å². The van der Waals surface area contributed by atoms with Crippen molar-refractivity contribution in [2.75, 3.05) is 0 Å². The van der Waals surface area contributed by atoms with E-state index in [-0.39, 0.29) is 0 Å². The highest BCUT2D eigenvalue weighted by Gasteiger charge is 2.13. The quantitative estimate of drug-likeness (QED) is 0.254. The van der Waals surface area contributed by atoms with E-state index in [9.17, 15) is 4.79 Å². The second-order valence-corrected chi connectivity index (χ2v) is 6.78. The molecule has 4 rings (SSSR count). The molecule has 0 aliphatic rings. The number of carbonyl (C=O) groups excluding carboxylic acids is 1. The fraction of sp³-hybridized carbons (Fsp3) is 0. The number of imidazole rings is 1. The van der Waals surface area contributed by atoms with Crippen LogP contribution in [0.4, 0.5) is 0 Å². The Hall–Kier alpha value is -3.15. The van der Waals surface area contributed by atoms with Gasteiger partial charge in [-0.25, -0.2) is 9.78 Å². The zero-order valence-corrected chi connectivity index (χ0v) is 15.9. The molecule has 0 saturated carbocycles. The van der Waals surface area contributed by atoms with Crippen molar-refractivity contribution in [1.82, 2.24) is 9.38 Å². The maximum Gasteiger partial charge on any atom is 0.365 e. The van der Waals surface area contributed by atoms with Crippen molar-refractivity contribution >= 4 is 41.0 Å². The maximum atomic E-state index is 12.1. The summed E-state index contributed by atoms with van der Waals surface area (Å²) < 4.78 is 1.80. The molecule has 0 bridgehead atoms. The number of hydrogen-bond acceptors (Lipinski definition) is 4. The lowest BCUT2D eigenvalue weighted by Gasteiger charge is -2.01. The summed E-state index contributed by atoms with van der Waals surface area (Å²) in [4.78, 5) is 21.8. The molecule has 7 heteroatoms. The molecule has 0 N–H and O–H groups in total. The topological polar surface area (TPSA) is 56.0 Å². The molecule has 0 spiro atoms. The Kier molecular flexibility index (Phi) is 5.10. The Balaban J connectivity index is 1.68. The number of nitrogens with zero attached hydrogens (tertiary/aromatic N) is 3. The summed E-state index contributed by atoms with van der Waals surface area (Å²) in [6.07, 6.45) is 3.19. The molecule has 4 aromatic rings. The predicted octanol–water partition coefficient (Wildman–Crippen LogP) is 5.50. The van der Waals surface area contributed by atoms with Gasteiger partial charge in [0.1, 0.15) is 5.65 Å². The van der Waals surface area contributed by atoms with E-state index in [4.69, 9.17) is 28.0 Å². The Morgan fingerprint density at radius 3 is 2.43 bits per heavy atom. The smallest absolute Gasteiger partial charge is 0.313 e. The number of pyridine rings is 1. The third kappa shape index (κ3) is 3.76. The van der Waals surface area contributed by atoms with Gasteiger partial charge in [0.25, 0.3) is 0 Å². The Bertz CT molecular complexity index is 1170. The number of benzene rings is 2. The SMILES string of the molecule is O=C(O/N=C\c1c(-c2ccccc2)nc2ccc(Cl)cn12)c1ccc(Cl)cc1. The summed E-state index contributed by atoms with van der Waals surface area (Å²) in [6, 6.07) is 19.6. The molecule has 0 aliphatic carbocycles. The van der Waals surface area contributed by atoms with Crippen LogP contribution in [0.15, 0.2) is 78.1 Å². The average molecular weight is 410 g/mol. The normalized spacial score (nSPS) is 11.2. The van der Waals surface area contributed by atoms with E-state index in [0.717, 1.165) is 5.56 Å². The van der Waals surface area contributed by atoms with Crippen LogP contribution in [-0.2, 0) is 4.84 Å². The second-order valence-electron chi connectivity index (χ2n) is 5.91. The van der Waals surface area contributed by atoms with Gasteiger partial charge in [-0.2, -0.15) is 0 Å². The summed E-state index contributed by atoms with van der Waals surface area (Å²) in [7, 11) is 0. The zero-order chi connectivity index (χ0) is 19.5. The van der Waals surface area contributed by atoms with Crippen LogP contribution in [0.5, 0.6) is 0 Å². The summed E-state index contributed by atoms with van der Waals surface area (Å²) in [5.41, 5.74) is 3.31. The standard InChI is InChI=1S/C21H13Cl2N3O2/c22-16-8-6-15(7-9-16)21(27)28-24-12-18-20(14-4-2-1-3-5-14)25-19-11-10-17(23)13-26(18)19/h1-13H/b24-12-. The fourth-order valence-corrected chi connectivity index (χ4v) is 3.02. The van der Waals surface area contributed by atoms with Crippen LogP contribution in [0.2, 0.25) is 10.0 Å². The number of halogens is 2. The molecule has 0 atom stereocenters. The molecular formula is C21H13Cl2N3O2. The first-order valence-corrected chi connectivity index (χ1v) is 9.11. The highest BCUT2D eigenvalue weighted by molar-refractivity contribution is 6.30. The summed E-state index contributed by atoms with van der Waals surface area (Å²) in [6.45, 7) is 0. The highest BCUT2D eigenvalue weighted by Crippen LogP contribution is 2.24. The van der Waals surface area contributed by atoms with Crippen LogP contribution in [0.1, 0.15) is 16.1 Å². The van der Waals surface area contributed by atoms with Crippen LogP contribution >= 0.6 is 23.2 Å². The van der Waals surface area contributed by atoms with Gasteiger partial charge in [-0.15, -0.1) is 0 Å². The van der Waals surface area contributed by atoms with E-state index in [2.05, 4.69) is 10.1 Å². The third-order valence-corrected chi connectivity index (χ3v) is 4.53. The number of hydrogen-bond donors (Lipinski definition) is 0. The largest absolute Gasteiger partial charge is 0.365 e. The Morgan fingerprint density at radius 2 is 1.68 bits per heavy atom. The molecule has 28 heavy (non-hydrogen) atoms. The van der Waals surface area contributed by atoms with E-state index in [1.165, 1.54) is 6.21 Å². The van der Waals surface area contributed by atoms with Gasteiger partial charge < -0.3 is 4.84 Å². The number of rotatable bonds is 4. The molecule has 0 fully saturated rings. The van der Waals surface area contributed by atoms with Crippen LogP contribution in [0.25, 0.3) is 16.9 Å².